The van der Waals surface area contributed by atoms with Crippen LogP contribution in [0.15, 0.2) is 30.3 Å². The number of hydrogen-bond acceptors (Lipinski definition) is 3. The molecule has 1 heterocycles. The third-order valence-electron chi connectivity index (χ3n) is 2.86. The van der Waals surface area contributed by atoms with Gasteiger partial charge in [-0.1, -0.05) is 18.2 Å². The summed E-state index contributed by atoms with van der Waals surface area (Å²) in [6.07, 6.45) is 0. The molecule has 16 heavy (non-hydrogen) atoms. The summed E-state index contributed by atoms with van der Waals surface area (Å²) in [5.74, 6) is 0. The van der Waals surface area contributed by atoms with E-state index in [9.17, 15) is 15.5 Å². The lowest BCUT2D eigenvalue weighted by Gasteiger charge is -2.10. The molecule has 1 aromatic rings. The fraction of sp³-hybridized carbons (Fsp3) is 0.273. The number of rotatable bonds is 1. The Kier molecular flexibility index (Phi) is 2.20. The van der Waals surface area contributed by atoms with Gasteiger partial charge in [-0.3, -0.25) is 0 Å². The van der Waals surface area contributed by atoms with Crippen molar-refractivity contribution in [1.29, 1.82) is 0 Å². The van der Waals surface area contributed by atoms with E-state index < -0.39 is 5.60 Å². The van der Waals surface area contributed by atoms with E-state index in [-0.39, 0.29) is 21.1 Å². The Bertz CT molecular complexity index is 489. The van der Waals surface area contributed by atoms with Crippen molar-refractivity contribution in [2.75, 3.05) is 0 Å². The number of hydrogen-bond donors (Lipinski definition) is 1. The van der Waals surface area contributed by atoms with Gasteiger partial charge in [0.05, 0.1) is 15.3 Å². The molecule has 0 spiro atoms. The van der Waals surface area contributed by atoms with E-state index in [1.807, 2.05) is 0 Å². The molecule has 0 radical (unpaired) electrons. The zero-order chi connectivity index (χ0) is 11.9. The van der Waals surface area contributed by atoms with Gasteiger partial charge in [-0.25, -0.2) is 0 Å². The quantitative estimate of drug-likeness (QED) is 0.557. The fourth-order valence-electron chi connectivity index (χ4n) is 1.76. The van der Waals surface area contributed by atoms with E-state index in [0.29, 0.717) is 5.56 Å². The fourth-order valence-corrected chi connectivity index (χ4v) is 1.76. The maximum atomic E-state index is 11.6. The Hall–Kier alpha value is -1.88. The Labute approximate surface area is 92.7 Å². The van der Waals surface area contributed by atoms with Crippen molar-refractivity contribution in [2.45, 2.75) is 19.4 Å². The molecule has 0 aromatic heterocycles. The second-order valence-corrected chi connectivity index (χ2v) is 3.92. The average Bonchev–Trinajstić information content (AvgIpc) is 2.41. The van der Waals surface area contributed by atoms with Crippen LogP contribution in [0.2, 0.25) is 0 Å². The Morgan fingerprint density at radius 3 is 2.12 bits per heavy atom. The lowest BCUT2D eigenvalue weighted by atomic mass is 9.91. The van der Waals surface area contributed by atoms with Crippen LogP contribution in [0.1, 0.15) is 19.4 Å². The molecule has 0 saturated carbocycles. The van der Waals surface area contributed by atoms with Crippen LogP contribution in [0.4, 0.5) is 0 Å². The molecular formula is C11H12N2O3. The zero-order valence-corrected chi connectivity index (χ0v) is 9.04. The summed E-state index contributed by atoms with van der Waals surface area (Å²) in [6.45, 7) is 2.88. The van der Waals surface area contributed by atoms with Gasteiger partial charge in [0, 0.05) is 6.92 Å². The van der Waals surface area contributed by atoms with Crippen LogP contribution < -0.4 is 0 Å². The number of hydrazone groups is 2. The first kappa shape index (κ1) is 10.6. The van der Waals surface area contributed by atoms with E-state index >= 15 is 0 Å². The maximum Gasteiger partial charge on any atom is 0.313 e. The Morgan fingerprint density at radius 2 is 1.69 bits per heavy atom. The average molecular weight is 220 g/mol. The van der Waals surface area contributed by atoms with Crippen molar-refractivity contribution in [2.24, 2.45) is 0 Å². The molecule has 5 nitrogen and oxygen atoms in total. The normalized spacial score (nSPS) is 25.4. The summed E-state index contributed by atoms with van der Waals surface area (Å²) in [6, 6.07) is 8.65. The van der Waals surface area contributed by atoms with E-state index in [1.54, 1.807) is 30.3 Å². The van der Waals surface area contributed by atoms with Crippen molar-refractivity contribution < 1.29 is 14.8 Å². The molecular weight excluding hydrogens is 208 g/mol. The Morgan fingerprint density at radius 1 is 1.12 bits per heavy atom. The highest BCUT2D eigenvalue weighted by molar-refractivity contribution is 6.18. The first-order valence-electron chi connectivity index (χ1n) is 4.90. The predicted octanol–water partition coefficient (Wildman–Crippen LogP) is 0.637. The van der Waals surface area contributed by atoms with E-state index in [4.69, 9.17) is 0 Å². The van der Waals surface area contributed by atoms with Crippen LogP contribution in [0.5, 0.6) is 0 Å². The molecule has 84 valence electrons. The first-order valence-corrected chi connectivity index (χ1v) is 4.90. The lowest BCUT2D eigenvalue weighted by Crippen LogP contribution is -2.41. The van der Waals surface area contributed by atoms with Crippen LogP contribution in [-0.2, 0) is 0 Å². The molecule has 1 atom stereocenters. The van der Waals surface area contributed by atoms with Gasteiger partial charge in [0.25, 0.3) is 5.71 Å². The minimum Gasteiger partial charge on any atom is -0.561 e. The lowest BCUT2D eigenvalue weighted by molar-refractivity contribution is -1.05. The van der Waals surface area contributed by atoms with Gasteiger partial charge in [0.15, 0.2) is 0 Å². The molecule has 1 N–H and O–H groups in total. The van der Waals surface area contributed by atoms with Crippen LogP contribution in [0.25, 0.3) is 0 Å². The number of aliphatic hydroxyl groups is 1. The molecule has 0 aliphatic carbocycles. The third kappa shape index (κ3) is 1.29. The standard InChI is InChI=1S/C11H12N2O3/c1-8-11(2,14)10(13(16)12(8)15)9-6-4-3-5-7-9/h3-7,14H,1-2H3. The Balaban J connectivity index is 2.61. The van der Waals surface area contributed by atoms with Crippen LogP contribution in [0.3, 0.4) is 0 Å². The van der Waals surface area contributed by atoms with Gasteiger partial charge < -0.3 is 15.5 Å². The molecule has 1 aliphatic rings. The van der Waals surface area contributed by atoms with Crippen LogP contribution >= 0.6 is 0 Å². The zero-order valence-electron chi connectivity index (χ0n) is 9.04. The molecule has 1 unspecified atom stereocenters. The molecule has 1 aliphatic heterocycles. The van der Waals surface area contributed by atoms with Crippen LogP contribution in [0, 0.1) is 10.4 Å². The molecule has 0 amide bonds. The second-order valence-electron chi connectivity index (χ2n) is 3.92. The van der Waals surface area contributed by atoms with Gasteiger partial charge in [0.1, 0.15) is 0 Å². The monoisotopic (exact) mass is 220 g/mol. The summed E-state index contributed by atoms with van der Waals surface area (Å²) in [5, 5.41) is 33.2. The predicted molar refractivity (Wildman–Crippen MR) is 59.1 cm³/mol. The molecule has 2 rings (SSSR count). The number of benzene rings is 1. The van der Waals surface area contributed by atoms with Crippen molar-refractivity contribution in [3.63, 3.8) is 0 Å². The van der Waals surface area contributed by atoms with Crippen molar-refractivity contribution in [3.05, 3.63) is 46.3 Å². The maximum absolute atomic E-state index is 11.6. The topological polar surface area (TPSA) is 72.4 Å². The SMILES string of the molecule is CC1=[N+]([O-])[N+]([O-])=C(c2ccccc2)C1(C)O. The second kappa shape index (κ2) is 3.31. The minimum absolute atomic E-state index is 0.0561. The molecule has 0 fully saturated rings. The smallest absolute Gasteiger partial charge is 0.313 e. The highest BCUT2D eigenvalue weighted by Crippen LogP contribution is 2.20. The number of hydrazine groups is 1. The largest absolute Gasteiger partial charge is 0.561 e. The summed E-state index contributed by atoms with van der Waals surface area (Å²) in [4.78, 5) is 0.354. The van der Waals surface area contributed by atoms with Crippen molar-refractivity contribution in [1.82, 2.24) is 0 Å². The summed E-state index contributed by atoms with van der Waals surface area (Å²) < 4.78 is 0. The summed E-state index contributed by atoms with van der Waals surface area (Å²) in [7, 11) is 0. The molecule has 0 bridgehead atoms. The summed E-state index contributed by atoms with van der Waals surface area (Å²) in [5.41, 5.74) is -0.854. The van der Waals surface area contributed by atoms with E-state index in [0.717, 1.165) is 0 Å². The van der Waals surface area contributed by atoms with E-state index in [2.05, 4.69) is 0 Å². The molecule has 1 aromatic carbocycles. The van der Waals surface area contributed by atoms with Crippen molar-refractivity contribution in [3.8, 4) is 0 Å². The number of nitrogens with zero attached hydrogens (tertiary/aromatic N) is 2. The third-order valence-corrected chi connectivity index (χ3v) is 2.86. The molecule has 0 saturated heterocycles. The minimum atomic E-state index is -1.52. The van der Waals surface area contributed by atoms with Gasteiger partial charge in [0.2, 0.25) is 5.60 Å². The first-order chi connectivity index (χ1) is 7.46. The molecule has 5 heteroatoms. The summed E-state index contributed by atoms with van der Waals surface area (Å²) >= 11 is 0. The van der Waals surface area contributed by atoms with Crippen LogP contribution in [-0.4, -0.2) is 31.8 Å². The van der Waals surface area contributed by atoms with Gasteiger partial charge in [-0.2, -0.15) is 0 Å². The van der Waals surface area contributed by atoms with Gasteiger partial charge >= 0.3 is 5.71 Å². The van der Waals surface area contributed by atoms with Crippen molar-refractivity contribution >= 4 is 11.4 Å². The highest BCUT2D eigenvalue weighted by atomic mass is 16.7. The van der Waals surface area contributed by atoms with Gasteiger partial charge in [-0.15, -0.1) is 0 Å². The van der Waals surface area contributed by atoms with Gasteiger partial charge in [-0.05, 0) is 19.1 Å². The van der Waals surface area contributed by atoms with E-state index in [1.165, 1.54) is 13.8 Å². The highest BCUT2D eigenvalue weighted by Gasteiger charge is 2.53.